The van der Waals surface area contributed by atoms with E-state index in [0.29, 0.717) is 16.0 Å². The minimum atomic E-state index is -0.813. The molecule has 1 saturated heterocycles. The second-order valence-electron chi connectivity index (χ2n) is 5.76. The maximum Gasteiger partial charge on any atom is 0.237 e. The highest BCUT2D eigenvalue weighted by Crippen LogP contribution is 2.30. The van der Waals surface area contributed by atoms with Crippen molar-refractivity contribution in [3.8, 4) is 0 Å². The van der Waals surface area contributed by atoms with E-state index in [1.54, 1.807) is 6.92 Å². The third-order valence-corrected chi connectivity index (χ3v) is 5.81. The van der Waals surface area contributed by atoms with Crippen LogP contribution in [0.2, 0.25) is 0 Å². The first-order chi connectivity index (χ1) is 12.5. The van der Waals surface area contributed by atoms with Crippen LogP contribution in [0.25, 0.3) is 0 Å². The molecule has 10 heteroatoms. The van der Waals surface area contributed by atoms with Crippen molar-refractivity contribution in [3.05, 3.63) is 29.8 Å². The summed E-state index contributed by atoms with van der Waals surface area (Å²) in [5.41, 5.74) is -0.0555. The maximum absolute atomic E-state index is 13.6. The van der Waals surface area contributed by atoms with E-state index in [-0.39, 0.29) is 11.8 Å². The van der Waals surface area contributed by atoms with Crippen molar-refractivity contribution in [1.82, 2.24) is 10.2 Å². The Hall–Kier alpha value is -1.78. The molecule has 2 heterocycles. The number of hydrogen-bond donors (Lipinski definition) is 2. The predicted molar refractivity (Wildman–Crippen MR) is 97.7 cm³/mol. The van der Waals surface area contributed by atoms with E-state index in [9.17, 15) is 13.6 Å². The van der Waals surface area contributed by atoms with Crippen LogP contribution in [0.3, 0.4) is 0 Å². The molecule has 0 radical (unpaired) electrons. The number of carbonyl (C=O) groups excluding carboxylic acids is 1. The molecule has 2 atom stereocenters. The zero-order chi connectivity index (χ0) is 18.5. The fraction of sp³-hybridized carbons (Fsp3) is 0.438. The molecule has 1 fully saturated rings. The Morgan fingerprint density at radius 1 is 1.46 bits per heavy atom. The van der Waals surface area contributed by atoms with Crippen LogP contribution >= 0.6 is 23.1 Å². The van der Waals surface area contributed by atoms with Crippen molar-refractivity contribution in [2.24, 2.45) is 0 Å². The number of carbonyl (C=O) groups is 1. The average Bonchev–Trinajstić information content (AvgIpc) is 3.27. The van der Waals surface area contributed by atoms with Crippen LogP contribution in [-0.4, -0.2) is 40.6 Å². The maximum atomic E-state index is 13.6. The monoisotopic (exact) mass is 400 g/mol. The van der Waals surface area contributed by atoms with E-state index in [1.165, 1.54) is 29.2 Å². The smallest absolute Gasteiger partial charge is 0.237 e. The SMILES string of the molecule is CC(Sc1nnc(NCC2CCCO2)s1)C(=O)Nc1ccc(F)cc1F. The topological polar surface area (TPSA) is 76.1 Å². The van der Waals surface area contributed by atoms with Crippen LogP contribution in [0.1, 0.15) is 19.8 Å². The summed E-state index contributed by atoms with van der Waals surface area (Å²) in [4.78, 5) is 12.2. The zero-order valence-electron chi connectivity index (χ0n) is 14.0. The van der Waals surface area contributed by atoms with Crippen LogP contribution in [0.4, 0.5) is 19.6 Å². The number of halogens is 2. The first-order valence-corrected chi connectivity index (χ1v) is 9.82. The summed E-state index contributed by atoms with van der Waals surface area (Å²) >= 11 is 2.57. The Bertz CT molecular complexity index is 768. The number of amides is 1. The molecule has 0 bridgehead atoms. The van der Waals surface area contributed by atoms with Crippen molar-refractivity contribution >= 4 is 39.8 Å². The summed E-state index contributed by atoms with van der Waals surface area (Å²) in [6.07, 6.45) is 2.31. The van der Waals surface area contributed by atoms with Crippen LogP contribution in [0.5, 0.6) is 0 Å². The zero-order valence-corrected chi connectivity index (χ0v) is 15.6. The summed E-state index contributed by atoms with van der Waals surface area (Å²) < 4.78 is 32.7. The number of aromatic nitrogens is 2. The minimum Gasteiger partial charge on any atom is -0.376 e. The molecule has 1 aromatic carbocycles. The van der Waals surface area contributed by atoms with Crippen LogP contribution in [0, 0.1) is 11.6 Å². The number of thioether (sulfide) groups is 1. The standard InChI is InChI=1S/C16H18F2N4O2S2/c1-9(14(23)20-13-5-4-10(17)7-12(13)18)25-16-22-21-15(26-16)19-8-11-3-2-6-24-11/h4-5,7,9,11H,2-3,6,8H2,1H3,(H,19,21)(H,20,23). The molecule has 0 spiro atoms. The minimum absolute atomic E-state index is 0.0555. The highest BCUT2D eigenvalue weighted by Gasteiger charge is 2.20. The lowest BCUT2D eigenvalue weighted by Crippen LogP contribution is -2.23. The van der Waals surface area contributed by atoms with Gasteiger partial charge in [-0.2, -0.15) is 0 Å². The van der Waals surface area contributed by atoms with Gasteiger partial charge in [0.25, 0.3) is 0 Å². The third-order valence-electron chi connectivity index (χ3n) is 3.75. The number of nitrogens with zero attached hydrogens (tertiary/aromatic N) is 2. The van der Waals surface area contributed by atoms with Gasteiger partial charge in [-0.05, 0) is 31.9 Å². The van der Waals surface area contributed by atoms with Gasteiger partial charge < -0.3 is 15.4 Å². The molecule has 140 valence electrons. The molecule has 0 aliphatic carbocycles. The number of rotatable bonds is 7. The van der Waals surface area contributed by atoms with Crippen LogP contribution in [0.15, 0.2) is 22.5 Å². The summed E-state index contributed by atoms with van der Waals surface area (Å²) in [6, 6.07) is 3.01. The molecular formula is C16H18F2N4O2S2. The Labute approximate surface area is 157 Å². The largest absolute Gasteiger partial charge is 0.376 e. The lowest BCUT2D eigenvalue weighted by atomic mass is 10.2. The van der Waals surface area contributed by atoms with E-state index in [2.05, 4.69) is 20.8 Å². The molecule has 6 nitrogen and oxygen atoms in total. The van der Waals surface area contributed by atoms with Crippen molar-refractivity contribution in [3.63, 3.8) is 0 Å². The highest BCUT2D eigenvalue weighted by atomic mass is 32.2. The number of hydrogen-bond acceptors (Lipinski definition) is 7. The van der Waals surface area contributed by atoms with Crippen LogP contribution in [-0.2, 0) is 9.53 Å². The Balaban J connectivity index is 1.50. The normalized spacial score (nSPS) is 17.9. The fourth-order valence-electron chi connectivity index (χ4n) is 2.37. The molecule has 26 heavy (non-hydrogen) atoms. The second-order valence-corrected chi connectivity index (χ2v) is 8.33. The molecular weight excluding hydrogens is 382 g/mol. The van der Waals surface area contributed by atoms with Gasteiger partial charge in [0.1, 0.15) is 11.6 Å². The van der Waals surface area contributed by atoms with E-state index in [1.807, 2.05) is 0 Å². The number of nitrogens with one attached hydrogen (secondary N) is 2. The number of anilines is 2. The van der Waals surface area contributed by atoms with Crippen molar-refractivity contribution in [2.45, 2.75) is 35.5 Å². The number of benzene rings is 1. The molecule has 2 N–H and O–H groups in total. The first kappa shape index (κ1) is 19.0. The molecule has 0 saturated carbocycles. The summed E-state index contributed by atoms with van der Waals surface area (Å²) in [6.45, 7) is 3.16. The van der Waals surface area contributed by atoms with Crippen molar-refractivity contribution < 1.29 is 18.3 Å². The van der Waals surface area contributed by atoms with E-state index in [4.69, 9.17) is 4.74 Å². The van der Waals surface area contributed by atoms with Crippen molar-refractivity contribution in [2.75, 3.05) is 23.8 Å². The molecule has 1 aliphatic heterocycles. The summed E-state index contributed by atoms with van der Waals surface area (Å²) in [5, 5.41) is 13.9. The molecule has 1 aliphatic rings. The lowest BCUT2D eigenvalue weighted by Gasteiger charge is -2.11. The van der Waals surface area contributed by atoms with Gasteiger partial charge in [-0.15, -0.1) is 10.2 Å². The van der Waals surface area contributed by atoms with Gasteiger partial charge in [0.2, 0.25) is 11.0 Å². The fourth-order valence-corrected chi connectivity index (χ4v) is 4.27. The highest BCUT2D eigenvalue weighted by molar-refractivity contribution is 8.02. The van der Waals surface area contributed by atoms with Crippen LogP contribution < -0.4 is 10.6 Å². The Kier molecular flexibility index (Phi) is 6.38. The second kappa shape index (κ2) is 8.74. The molecule has 2 unspecified atom stereocenters. The van der Waals surface area contributed by atoms with E-state index >= 15 is 0 Å². The van der Waals surface area contributed by atoms with Gasteiger partial charge in [0, 0.05) is 19.2 Å². The van der Waals surface area contributed by atoms with E-state index < -0.39 is 22.8 Å². The van der Waals surface area contributed by atoms with Crippen molar-refractivity contribution in [1.29, 1.82) is 0 Å². The number of ether oxygens (including phenoxy) is 1. The van der Waals surface area contributed by atoms with Gasteiger partial charge in [0.15, 0.2) is 4.34 Å². The quantitative estimate of drug-likeness (QED) is 0.693. The molecule has 3 rings (SSSR count). The van der Waals surface area contributed by atoms with E-state index in [0.717, 1.165) is 31.6 Å². The third kappa shape index (κ3) is 5.12. The van der Waals surface area contributed by atoms with Gasteiger partial charge in [-0.25, -0.2) is 8.78 Å². The lowest BCUT2D eigenvalue weighted by molar-refractivity contribution is -0.115. The summed E-state index contributed by atoms with van der Waals surface area (Å²) in [5.74, 6) is -1.91. The van der Waals surface area contributed by atoms with Gasteiger partial charge in [-0.1, -0.05) is 23.1 Å². The molecule has 1 aromatic heterocycles. The predicted octanol–water partition coefficient (Wildman–Crippen LogP) is 3.53. The molecule has 1 amide bonds. The van der Waals surface area contributed by atoms with Gasteiger partial charge in [0.05, 0.1) is 17.0 Å². The first-order valence-electron chi connectivity index (χ1n) is 8.13. The summed E-state index contributed by atoms with van der Waals surface area (Å²) in [7, 11) is 0. The average molecular weight is 400 g/mol. The van der Waals surface area contributed by atoms with Gasteiger partial charge >= 0.3 is 0 Å². The Morgan fingerprint density at radius 3 is 3.04 bits per heavy atom. The Morgan fingerprint density at radius 2 is 2.31 bits per heavy atom. The molecule has 2 aromatic rings. The van der Waals surface area contributed by atoms with Gasteiger partial charge in [-0.3, -0.25) is 4.79 Å².